The number of ether oxygens (including phenoxy) is 4. The number of hydrogen-bond acceptors (Lipinski definition) is 4. The SMILES string of the molecule is C/C=C\C1=C(CC2=COC3CCCCC3O2)OCO1. The molecule has 104 valence electrons. The van der Waals surface area contributed by atoms with Crippen LogP contribution in [0.25, 0.3) is 0 Å². The van der Waals surface area contributed by atoms with E-state index in [0.717, 1.165) is 30.1 Å². The molecule has 4 heteroatoms. The summed E-state index contributed by atoms with van der Waals surface area (Å²) in [6.45, 7) is 2.24. The van der Waals surface area contributed by atoms with E-state index in [1.807, 2.05) is 19.1 Å². The predicted octanol–water partition coefficient (Wildman–Crippen LogP) is 3.37. The van der Waals surface area contributed by atoms with Crippen molar-refractivity contribution in [3.63, 3.8) is 0 Å². The van der Waals surface area contributed by atoms with E-state index < -0.39 is 0 Å². The van der Waals surface area contributed by atoms with Gasteiger partial charge in [-0.15, -0.1) is 0 Å². The molecule has 4 nitrogen and oxygen atoms in total. The topological polar surface area (TPSA) is 36.9 Å². The van der Waals surface area contributed by atoms with Crippen LogP contribution in [-0.4, -0.2) is 19.0 Å². The summed E-state index contributed by atoms with van der Waals surface area (Å²) in [7, 11) is 0. The first kappa shape index (κ1) is 12.5. The largest absolute Gasteiger partial charge is 0.491 e. The number of rotatable bonds is 3. The van der Waals surface area contributed by atoms with Gasteiger partial charge in [0.25, 0.3) is 0 Å². The molecule has 2 unspecified atom stereocenters. The van der Waals surface area contributed by atoms with Crippen LogP contribution in [0.4, 0.5) is 0 Å². The quantitative estimate of drug-likeness (QED) is 0.783. The Hall–Kier alpha value is -1.58. The highest BCUT2D eigenvalue weighted by molar-refractivity contribution is 5.21. The Morgan fingerprint density at radius 1 is 1.21 bits per heavy atom. The highest BCUT2D eigenvalue weighted by Crippen LogP contribution is 2.33. The van der Waals surface area contributed by atoms with Crippen LogP contribution in [0, 0.1) is 0 Å². The minimum atomic E-state index is 0.210. The molecule has 0 aromatic heterocycles. The summed E-state index contributed by atoms with van der Waals surface area (Å²) in [4.78, 5) is 0. The Kier molecular flexibility index (Phi) is 3.67. The Morgan fingerprint density at radius 2 is 2.05 bits per heavy atom. The fraction of sp³-hybridized carbons (Fsp3) is 0.600. The highest BCUT2D eigenvalue weighted by Gasteiger charge is 2.32. The third-order valence-electron chi connectivity index (χ3n) is 3.69. The summed E-state index contributed by atoms with van der Waals surface area (Å²) in [5.74, 6) is 2.45. The molecule has 0 bridgehead atoms. The lowest BCUT2D eigenvalue weighted by Gasteiger charge is -2.35. The molecule has 0 radical (unpaired) electrons. The molecule has 2 atom stereocenters. The van der Waals surface area contributed by atoms with Gasteiger partial charge in [0.15, 0.2) is 5.76 Å². The monoisotopic (exact) mass is 264 g/mol. The predicted molar refractivity (Wildman–Crippen MR) is 69.8 cm³/mol. The van der Waals surface area contributed by atoms with Crippen LogP contribution in [0.15, 0.2) is 35.7 Å². The summed E-state index contributed by atoms with van der Waals surface area (Å²) >= 11 is 0. The van der Waals surface area contributed by atoms with Crippen molar-refractivity contribution in [3.05, 3.63) is 35.7 Å². The maximum Gasteiger partial charge on any atom is 0.230 e. The lowest BCUT2D eigenvalue weighted by molar-refractivity contribution is -0.0718. The van der Waals surface area contributed by atoms with Crippen molar-refractivity contribution in [2.24, 2.45) is 0 Å². The lowest BCUT2D eigenvalue weighted by Crippen LogP contribution is -2.36. The zero-order valence-corrected chi connectivity index (χ0v) is 11.3. The highest BCUT2D eigenvalue weighted by atomic mass is 16.7. The Balaban J connectivity index is 1.67. The van der Waals surface area contributed by atoms with Crippen molar-refractivity contribution in [2.75, 3.05) is 6.79 Å². The molecule has 1 fully saturated rings. The third kappa shape index (κ3) is 2.72. The second kappa shape index (κ2) is 5.59. The molecule has 2 aliphatic heterocycles. The maximum absolute atomic E-state index is 6.02. The van der Waals surface area contributed by atoms with Crippen LogP contribution >= 0.6 is 0 Å². The van der Waals surface area contributed by atoms with Crippen molar-refractivity contribution in [3.8, 4) is 0 Å². The normalized spacial score (nSPS) is 30.1. The molecule has 0 saturated heterocycles. The summed E-state index contributed by atoms with van der Waals surface area (Å²) in [5, 5.41) is 0. The smallest absolute Gasteiger partial charge is 0.230 e. The molecule has 1 aliphatic carbocycles. The Bertz CT molecular complexity index is 422. The molecule has 3 rings (SSSR count). The van der Waals surface area contributed by atoms with E-state index in [0.29, 0.717) is 6.42 Å². The van der Waals surface area contributed by atoms with Crippen LogP contribution in [0.2, 0.25) is 0 Å². The second-order valence-electron chi connectivity index (χ2n) is 5.07. The average molecular weight is 264 g/mol. The first-order chi connectivity index (χ1) is 9.36. The number of allylic oxidation sites excluding steroid dienone is 2. The first-order valence-corrected chi connectivity index (χ1v) is 6.99. The molecule has 0 aromatic carbocycles. The van der Waals surface area contributed by atoms with E-state index in [-0.39, 0.29) is 19.0 Å². The second-order valence-corrected chi connectivity index (χ2v) is 5.07. The average Bonchev–Trinajstić information content (AvgIpc) is 2.86. The molecule has 0 aromatic rings. The zero-order chi connectivity index (χ0) is 13.1. The van der Waals surface area contributed by atoms with Crippen molar-refractivity contribution in [1.82, 2.24) is 0 Å². The van der Waals surface area contributed by atoms with Crippen LogP contribution in [0.1, 0.15) is 39.0 Å². The molecule has 1 saturated carbocycles. The Morgan fingerprint density at radius 3 is 2.89 bits per heavy atom. The van der Waals surface area contributed by atoms with E-state index in [9.17, 15) is 0 Å². The van der Waals surface area contributed by atoms with E-state index in [2.05, 4.69) is 0 Å². The van der Waals surface area contributed by atoms with Crippen LogP contribution < -0.4 is 0 Å². The number of hydrogen-bond donors (Lipinski definition) is 0. The van der Waals surface area contributed by atoms with Gasteiger partial charge in [-0.1, -0.05) is 6.08 Å². The molecule has 19 heavy (non-hydrogen) atoms. The molecule has 0 spiro atoms. The van der Waals surface area contributed by atoms with Crippen molar-refractivity contribution >= 4 is 0 Å². The summed E-state index contributed by atoms with van der Waals surface area (Å²) < 4.78 is 22.7. The van der Waals surface area contributed by atoms with E-state index >= 15 is 0 Å². The van der Waals surface area contributed by atoms with Crippen LogP contribution in [-0.2, 0) is 18.9 Å². The maximum atomic E-state index is 6.02. The van der Waals surface area contributed by atoms with Gasteiger partial charge in [0, 0.05) is 0 Å². The van der Waals surface area contributed by atoms with Crippen LogP contribution in [0.3, 0.4) is 0 Å². The van der Waals surface area contributed by atoms with Gasteiger partial charge < -0.3 is 18.9 Å². The van der Waals surface area contributed by atoms with Crippen molar-refractivity contribution in [2.45, 2.75) is 51.2 Å². The van der Waals surface area contributed by atoms with E-state index in [1.165, 1.54) is 12.8 Å². The molecule has 0 N–H and O–H groups in total. The molecular formula is C15H20O4. The van der Waals surface area contributed by atoms with E-state index in [1.54, 1.807) is 6.26 Å². The van der Waals surface area contributed by atoms with Gasteiger partial charge in [0.2, 0.25) is 6.79 Å². The molecular weight excluding hydrogens is 244 g/mol. The molecule has 3 aliphatic rings. The summed E-state index contributed by atoms with van der Waals surface area (Å²) in [6, 6.07) is 0. The number of fused-ring (bicyclic) bond motifs is 1. The fourth-order valence-electron chi connectivity index (χ4n) is 2.73. The van der Waals surface area contributed by atoms with E-state index in [4.69, 9.17) is 18.9 Å². The van der Waals surface area contributed by atoms with Crippen LogP contribution in [0.5, 0.6) is 0 Å². The van der Waals surface area contributed by atoms with Gasteiger partial charge >= 0.3 is 0 Å². The summed E-state index contributed by atoms with van der Waals surface area (Å²) in [5.41, 5.74) is 0. The van der Waals surface area contributed by atoms with Crippen molar-refractivity contribution < 1.29 is 18.9 Å². The molecule has 0 amide bonds. The van der Waals surface area contributed by atoms with Gasteiger partial charge in [-0.05, 0) is 38.7 Å². The zero-order valence-electron chi connectivity index (χ0n) is 11.3. The molecule has 2 heterocycles. The fourth-order valence-corrected chi connectivity index (χ4v) is 2.73. The first-order valence-electron chi connectivity index (χ1n) is 6.99. The van der Waals surface area contributed by atoms with Gasteiger partial charge in [0.1, 0.15) is 30.0 Å². The standard InChI is InChI=1S/C15H20O4/c1-2-5-12-15(18-10-17-12)8-11-9-16-13-6-3-4-7-14(13)19-11/h2,5,9,13-14H,3-4,6-8,10H2,1H3/b5-2-. The summed E-state index contributed by atoms with van der Waals surface area (Å²) in [6.07, 6.45) is 11.3. The minimum Gasteiger partial charge on any atom is -0.491 e. The third-order valence-corrected chi connectivity index (χ3v) is 3.69. The van der Waals surface area contributed by atoms with Gasteiger partial charge in [-0.3, -0.25) is 0 Å². The van der Waals surface area contributed by atoms with Gasteiger partial charge in [-0.2, -0.15) is 0 Å². The minimum absolute atomic E-state index is 0.210. The Labute approximate surface area is 113 Å². The van der Waals surface area contributed by atoms with Gasteiger partial charge in [0.05, 0.1) is 6.42 Å². The van der Waals surface area contributed by atoms with Crippen molar-refractivity contribution in [1.29, 1.82) is 0 Å². The van der Waals surface area contributed by atoms with Gasteiger partial charge in [-0.25, -0.2) is 0 Å². The lowest BCUT2D eigenvalue weighted by atomic mass is 9.94.